The van der Waals surface area contributed by atoms with Gasteiger partial charge in [-0.25, -0.2) is 0 Å². The van der Waals surface area contributed by atoms with Crippen molar-refractivity contribution in [2.75, 3.05) is 12.3 Å². The van der Waals surface area contributed by atoms with Crippen molar-refractivity contribution in [3.8, 4) is 0 Å². The van der Waals surface area contributed by atoms with Crippen LogP contribution in [0.5, 0.6) is 0 Å². The van der Waals surface area contributed by atoms with Crippen LogP contribution in [0.2, 0.25) is 0 Å². The standard InChI is InChI=1S/C6H6NOS/c8-4-1-2-6-7-3-5-9-6/h1-2H,3,5H2. The first kappa shape index (κ1) is 6.55. The van der Waals surface area contributed by atoms with Gasteiger partial charge >= 0.3 is 0 Å². The Kier molecular flexibility index (Phi) is 2.51. The van der Waals surface area contributed by atoms with Gasteiger partial charge in [-0.1, -0.05) is 0 Å². The molecule has 1 aliphatic heterocycles. The monoisotopic (exact) mass is 140 g/mol. The molecule has 0 aliphatic carbocycles. The Bertz CT molecular complexity index is 162. The lowest BCUT2D eigenvalue weighted by Crippen LogP contribution is -1.77. The normalized spacial score (nSPS) is 18.4. The molecule has 0 saturated heterocycles. The Hall–Kier alpha value is -0.570. The molecule has 1 aliphatic rings. The molecule has 0 aromatic carbocycles. The summed E-state index contributed by atoms with van der Waals surface area (Å²) in [6.07, 6.45) is 4.70. The van der Waals surface area contributed by atoms with Crippen molar-refractivity contribution in [1.29, 1.82) is 0 Å². The number of rotatable bonds is 2. The number of nitrogens with zero attached hydrogens (tertiary/aromatic N) is 1. The Morgan fingerprint density at radius 2 is 2.67 bits per heavy atom. The van der Waals surface area contributed by atoms with Gasteiger partial charge in [-0.05, 0) is 12.2 Å². The molecule has 0 saturated carbocycles. The van der Waals surface area contributed by atoms with E-state index in [2.05, 4.69) is 4.99 Å². The summed E-state index contributed by atoms with van der Waals surface area (Å²) in [5.74, 6) is 1.04. The van der Waals surface area contributed by atoms with Crippen LogP contribution in [-0.4, -0.2) is 23.6 Å². The highest BCUT2D eigenvalue weighted by Gasteiger charge is 2.00. The van der Waals surface area contributed by atoms with E-state index >= 15 is 0 Å². The Balaban J connectivity index is 2.42. The second kappa shape index (κ2) is 3.45. The molecule has 0 aromatic heterocycles. The summed E-state index contributed by atoms with van der Waals surface area (Å²) in [4.78, 5) is 13.8. The van der Waals surface area contributed by atoms with Gasteiger partial charge in [0.2, 0.25) is 6.29 Å². The Morgan fingerprint density at radius 3 is 3.22 bits per heavy atom. The van der Waals surface area contributed by atoms with Crippen LogP contribution in [0.1, 0.15) is 0 Å². The van der Waals surface area contributed by atoms with E-state index in [1.54, 1.807) is 24.1 Å². The predicted molar refractivity (Wildman–Crippen MR) is 39.6 cm³/mol. The van der Waals surface area contributed by atoms with E-state index in [4.69, 9.17) is 0 Å². The topological polar surface area (TPSA) is 29.4 Å². The maximum Gasteiger partial charge on any atom is 0.225 e. The third kappa shape index (κ3) is 2.01. The fraction of sp³-hybridized carbons (Fsp3) is 0.333. The van der Waals surface area contributed by atoms with Gasteiger partial charge < -0.3 is 0 Å². The van der Waals surface area contributed by atoms with Crippen molar-refractivity contribution in [2.45, 2.75) is 0 Å². The minimum absolute atomic E-state index is 0.878. The molecule has 0 spiro atoms. The van der Waals surface area contributed by atoms with E-state index in [0.717, 1.165) is 17.3 Å². The van der Waals surface area contributed by atoms with Crippen molar-refractivity contribution in [2.24, 2.45) is 4.99 Å². The molecule has 0 aromatic rings. The molecular weight excluding hydrogens is 134 g/mol. The zero-order valence-corrected chi connectivity index (χ0v) is 5.65. The van der Waals surface area contributed by atoms with Crippen LogP contribution in [0.25, 0.3) is 0 Å². The summed E-state index contributed by atoms with van der Waals surface area (Å²) in [5, 5.41) is 0.943. The number of aliphatic imine (C=N–C) groups is 1. The smallest absolute Gasteiger partial charge is 0.225 e. The second-order valence-electron chi connectivity index (χ2n) is 1.52. The molecule has 9 heavy (non-hydrogen) atoms. The summed E-state index contributed by atoms with van der Waals surface area (Å²) in [7, 11) is 0. The summed E-state index contributed by atoms with van der Waals surface area (Å²) in [6.45, 7) is 0.878. The lowest BCUT2D eigenvalue weighted by Gasteiger charge is -1.81. The predicted octanol–water partition coefficient (Wildman–Crippen LogP) is 0.798. The lowest BCUT2D eigenvalue weighted by molar-refractivity contribution is 0.564. The molecule has 47 valence electrons. The van der Waals surface area contributed by atoms with Crippen LogP contribution in [0, 0.1) is 0 Å². The maximum atomic E-state index is 9.69. The van der Waals surface area contributed by atoms with E-state index < -0.39 is 0 Å². The zero-order chi connectivity index (χ0) is 6.53. The highest BCUT2D eigenvalue weighted by atomic mass is 32.2. The molecule has 1 heterocycles. The van der Waals surface area contributed by atoms with Gasteiger partial charge in [0.05, 0.1) is 5.04 Å². The summed E-state index contributed by atoms with van der Waals surface area (Å²) in [6, 6.07) is 0. The van der Waals surface area contributed by atoms with Crippen LogP contribution in [0.4, 0.5) is 0 Å². The molecule has 0 N–H and O–H groups in total. The highest BCUT2D eigenvalue weighted by Crippen LogP contribution is 2.11. The first-order chi connectivity index (χ1) is 4.43. The van der Waals surface area contributed by atoms with E-state index in [1.807, 2.05) is 0 Å². The highest BCUT2D eigenvalue weighted by molar-refractivity contribution is 8.14. The minimum atomic E-state index is 0.878. The molecule has 2 nitrogen and oxygen atoms in total. The lowest BCUT2D eigenvalue weighted by atomic mass is 10.5. The fourth-order valence-corrected chi connectivity index (χ4v) is 1.30. The van der Waals surface area contributed by atoms with Crippen LogP contribution in [0.15, 0.2) is 17.1 Å². The van der Waals surface area contributed by atoms with Gasteiger partial charge in [-0.2, -0.15) is 0 Å². The van der Waals surface area contributed by atoms with E-state index in [-0.39, 0.29) is 0 Å². The number of hydrogen-bond acceptors (Lipinski definition) is 3. The average molecular weight is 140 g/mol. The van der Waals surface area contributed by atoms with E-state index in [1.165, 1.54) is 6.08 Å². The largest absolute Gasteiger partial charge is 0.286 e. The third-order valence-electron chi connectivity index (χ3n) is 0.903. The first-order valence-corrected chi connectivity index (χ1v) is 3.63. The molecule has 1 rings (SSSR count). The van der Waals surface area contributed by atoms with Gasteiger partial charge in [0.15, 0.2) is 0 Å². The minimum Gasteiger partial charge on any atom is -0.286 e. The van der Waals surface area contributed by atoms with Crippen molar-refractivity contribution in [3.63, 3.8) is 0 Å². The molecule has 0 unspecified atom stereocenters. The molecule has 3 heteroatoms. The molecule has 1 radical (unpaired) electrons. The number of thioether (sulfide) groups is 1. The van der Waals surface area contributed by atoms with Crippen LogP contribution in [0.3, 0.4) is 0 Å². The molecule has 0 bridgehead atoms. The van der Waals surface area contributed by atoms with Crippen molar-refractivity contribution < 1.29 is 4.79 Å². The number of carbonyl (C=O) groups excluding carboxylic acids is 1. The van der Waals surface area contributed by atoms with Gasteiger partial charge in [-0.15, -0.1) is 11.8 Å². The molecule has 0 amide bonds. The summed E-state index contributed by atoms with van der Waals surface area (Å²) < 4.78 is 0. The van der Waals surface area contributed by atoms with E-state index in [0.29, 0.717) is 0 Å². The van der Waals surface area contributed by atoms with Crippen LogP contribution in [-0.2, 0) is 4.79 Å². The molecular formula is C6H6NOS. The maximum absolute atomic E-state index is 9.69. The molecule has 0 atom stereocenters. The second-order valence-corrected chi connectivity index (χ2v) is 2.63. The Morgan fingerprint density at radius 1 is 1.78 bits per heavy atom. The number of allylic oxidation sites excluding steroid dienone is 1. The first-order valence-electron chi connectivity index (χ1n) is 2.65. The van der Waals surface area contributed by atoms with Gasteiger partial charge in [0.1, 0.15) is 0 Å². The molecule has 0 fully saturated rings. The SMILES string of the molecule is O=[C]C=CC1=NCCS1. The van der Waals surface area contributed by atoms with Gasteiger partial charge in [0, 0.05) is 12.3 Å². The Labute approximate surface area is 58.0 Å². The van der Waals surface area contributed by atoms with Crippen LogP contribution < -0.4 is 0 Å². The fourth-order valence-electron chi connectivity index (χ4n) is 0.558. The average Bonchev–Trinajstić information content (AvgIpc) is 2.34. The van der Waals surface area contributed by atoms with E-state index in [9.17, 15) is 4.79 Å². The number of hydrogen-bond donors (Lipinski definition) is 0. The van der Waals surface area contributed by atoms with Crippen molar-refractivity contribution >= 4 is 23.1 Å². The summed E-state index contributed by atoms with van der Waals surface area (Å²) in [5.41, 5.74) is 0. The van der Waals surface area contributed by atoms with Crippen LogP contribution >= 0.6 is 11.8 Å². The van der Waals surface area contributed by atoms with Gasteiger partial charge in [-0.3, -0.25) is 9.79 Å². The zero-order valence-electron chi connectivity index (χ0n) is 4.83. The summed E-state index contributed by atoms with van der Waals surface area (Å²) >= 11 is 1.67. The van der Waals surface area contributed by atoms with Gasteiger partial charge in [0.25, 0.3) is 0 Å². The van der Waals surface area contributed by atoms with Crippen molar-refractivity contribution in [3.05, 3.63) is 12.2 Å². The van der Waals surface area contributed by atoms with Crippen molar-refractivity contribution in [1.82, 2.24) is 0 Å². The third-order valence-corrected chi connectivity index (χ3v) is 1.85. The quantitative estimate of drug-likeness (QED) is 0.531.